The lowest BCUT2D eigenvalue weighted by atomic mass is 10.1. The third-order valence-corrected chi connectivity index (χ3v) is 3.63. The quantitative estimate of drug-likeness (QED) is 0.598. The summed E-state index contributed by atoms with van der Waals surface area (Å²) in [4.78, 5) is 0. The van der Waals surface area contributed by atoms with Crippen LogP contribution in [0.25, 0.3) is 21.8 Å². The largest absolute Gasteiger partial charge is 0.381 e. The molecule has 3 aromatic carbocycles. The molecule has 102 valence electrons. The van der Waals surface area contributed by atoms with E-state index in [1.165, 1.54) is 16.3 Å². The standard InChI is InChI=1S/C17H14N4/c1-2-4-14-9-12(5-6-13(14)3-1)11-18-15-7-8-16-17(10-15)20-21-19-16/h1-10,18H,11H2,(H,19,20,21). The zero-order chi connectivity index (χ0) is 14.1. The molecule has 1 aromatic heterocycles. The molecular formula is C17H14N4. The van der Waals surface area contributed by atoms with Gasteiger partial charge in [-0.1, -0.05) is 36.4 Å². The average molecular weight is 274 g/mol. The van der Waals surface area contributed by atoms with Gasteiger partial charge in [-0.15, -0.1) is 0 Å². The fourth-order valence-electron chi connectivity index (χ4n) is 2.50. The molecular weight excluding hydrogens is 260 g/mol. The molecule has 4 rings (SSSR count). The van der Waals surface area contributed by atoms with Crippen molar-refractivity contribution in [1.29, 1.82) is 0 Å². The van der Waals surface area contributed by atoms with Crippen molar-refractivity contribution in [2.24, 2.45) is 0 Å². The second-order valence-corrected chi connectivity index (χ2v) is 5.06. The zero-order valence-corrected chi connectivity index (χ0v) is 11.4. The van der Waals surface area contributed by atoms with E-state index in [0.717, 1.165) is 23.3 Å². The first-order chi connectivity index (χ1) is 10.4. The first-order valence-electron chi connectivity index (χ1n) is 6.90. The van der Waals surface area contributed by atoms with Gasteiger partial charge in [0.15, 0.2) is 0 Å². The van der Waals surface area contributed by atoms with E-state index in [-0.39, 0.29) is 0 Å². The molecule has 0 aliphatic heterocycles. The number of nitrogens with one attached hydrogen (secondary N) is 2. The highest BCUT2D eigenvalue weighted by Crippen LogP contribution is 2.18. The van der Waals surface area contributed by atoms with Gasteiger partial charge in [0.2, 0.25) is 0 Å². The van der Waals surface area contributed by atoms with Crippen molar-refractivity contribution in [3.63, 3.8) is 0 Å². The number of benzene rings is 3. The number of fused-ring (bicyclic) bond motifs is 2. The van der Waals surface area contributed by atoms with Gasteiger partial charge in [-0.05, 0) is 40.6 Å². The molecule has 4 aromatic rings. The minimum atomic E-state index is 0.786. The molecule has 4 nitrogen and oxygen atoms in total. The van der Waals surface area contributed by atoms with Crippen LogP contribution in [0.3, 0.4) is 0 Å². The Balaban J connectivity index is 1.56. The Morgan fingerprint density at radius 1 is 0.810 bits per heavy atom. The fraction of sp³-hybridized carbons (Fsp3) is 0.0588. The van der Waals surface area contributed by atoms with E-state index in [1.807, 2.05) is 18.2 Å². The van der Waals surface area contributed by atoms with E-state index >= 15 is 0 Å². The van der Waals surface area contributed by atoms with Gasteiger partial charge in [0.1, 0.15) is 11.0 Å². The molecule has 2 N–H and O–H groups in total. The van der Waals surface area contributed by atoms with E-state index in [4.69, 9.17) is 0 Å². The molecule has 0 fully saturated rings. The van der Waals surface area contributed by atoms with Crippen LogP contribution in [0.5, 0.6) is 0 Å². The van der Waals surface area contributed by atoms with Gasteiger partial charge in [0.25, 0.3) is 0 Å². The summed E-state index contributed by atoms with van der Waals surface area (Å²) >= 11 is 0. The van der Waals surface area contributed by atoms with Crippen molar-refractivity contribution < 1.29 is 0 Å². The van der Waals surface area contributed by atoms with Crippen LogP contribution in [0.4, 0.5) is 5.69 Å². The van der Waals surface area contributed by atoms with Crippen LogP contribution in [0.15, 0.2) is 60.7 Å². The lowest BCUT2D eigenvalue weighted by Gasteiger charge is -2.07. The van der Waals surface area contributed by atoms with Gasteiger partial charge < -0.3 is 5.32 Å². The molecule has 0 aliphatic carbocycles. The van der Waals surface area contributed by atoms with Crippen LogP contribution < -0.4 is 5.32 Å². The van der Waals surface area contributed by atoms with Crippen molar-refractivity contribution in [3.8, 4) is 0 Å². The maximum absolute atomic E-state index is 4.10. The lowest BCUT2D eigenvalue weighted by Crippen LogP contribution is -1.99. The molecule has 0 saturated heterocycles. The van der Waals surface area contributed by atoms with Gasteiger partial charge in [-0.2, -0.15) is 15.4 Å². The summed E-state index contributed by atoms with van der Waals surface area (Å²) in [5, 5.41) is 16.7. The highest BCUT2D eigenvalue weighted by atomic mass is 15.3. The van der Waals surface area contributed by atoms with E-state index in [2.05, 4.69) is 63.2 Å². The number of hydrogen-bond donors (Lipinski definition) is 2. The van der Waals surface area contributed by atoms with E-state index in [1.54, 1.807) is 0 Å². The van der Waals surface area contributed by atoms with Crippen LogP contribution >= 0.6 is 0 Å². The third-order valence-electron chi connectivity index (χ3n) is 3.63. The minimum Gasteiger partial charge on any atom is -0.381 e. The Bertz CT molecular complexity index is 911. The van der Waals surface area contributed by atoms with Crippen LogP contribution in [-0.2, 0) is 6.54 Å². The predicted molar refractivity (Wildman–Crippen MR) is 85.2 cm³/mol. The predicted octanol–water partition coefficient (Wildman–Crippen LogP) is 3.72. The van der Waals surface area contributed by atoms with Crippen LogP contribution in [0, 0.1) is 0 Å². The summed E-state index contributed by atoms with van der Waals surface area (Å²) in [5.41, 5.74) is 4.06. The molecule has 0 spiro atoms. The van der Waals surface area contributed by atoms with Crippen molar-refractivity contribution in [3.05, 3.63) is 66.2 Å². The number of rotatable bonds is 3. The number of aromatic nitrogens is 3. The van der Waals surface area contributed by atoms with Crippen LogP contribution in [-0.4, -0.2) is 15.4 Å². The Morgan fingerprint density at radius 3 is 2.62 bits per heavy atom. The van der Waals surface area contributed by atoms with E-state index in [0.29, 0.717) is 0 Å². The highest BCUT2D eigenvalue weighted by molar-refractivity contribution is 5.83. The molecule has 21 heavy (non-hydrogen) atoms. The molecule has 1 heterocycles. The first kappa shape index (κ1) is 11.9. The maximum atomic E-state index is 4.10. The summed E-state index contributed by atoms with van der Waals surface area (Å²) in [5.74, 6) is 0. The number of H-pyrrole nitrogens is 1. The second kappa shape index (κ2) is 4.90. The van der Waals surface area contributed by atoms with Gasteiger partial charge in [-0.25, -0.2) is 0 Å². The molecule has 0 atom stereocenters. The highest BCUT2D eigenvalue weighted by Gasteiger charge is 2.00. The van der Waals surface area contributed by atoms with Gasteiger partial charge in [-0.3, -0.25) is 0 Å². The lowest BCUT2D eigenvalue weighted by molar-refractivity contribution is 0.959. The molecule has 4 heteroatoms. The normalized spacial score (nSPS) is 11.0. The molecule has 0 unspecified atom stereocenters. The molecule has 0 bridgehead atoms. The zero-order valence-electron chi connectivity index (χ0n) is 11.4. The Kier molecular flexibility index (Phi) is 2.78. The topological polar surface area (TPSA) is 53.6 Å². The monoisotopic (exact) mass is 274 g/mol. The smallest absolute Gasteiger partial charge is 0.115 e. The molecule has 0 amide bonds. The fourth-order valence-corrected chi connectivity index (χ4v) is 2.50. The van der Waals surface area contributed by atoms with Crippen molar-refractivity contribution >= 4 is 27.5 Å². The van der Waals surface area contributed by atoms with E-state index < -0.39 is 0 Å². The molecule has 0 radical (unpaired) electrons. The second-order valence-electron chi connectivity index (χ2n) is 5.06. The first-order valence-corrected chi connectivity index (χ1v) is 6.90. The summed E-state index contributed by atoms with van der Waals surface area (Å²) in [6.45, 7) is 0.786. The Hall–Kier alpha value is -2.88. The van der Waals surface area contributed by atoms with Gasteiger partial charge >= 0.3 is 0 Å². The summed E-state index contributed by atoms with van der Waals surface area (Å²) < 4.78 is 0. The maximum Gasteiger partial charge on any atom is 0.115 e. The van der Waals surface area contributed by atoms with Crippen LogP contribution in [0.2, 0.25) is 0 Å². The van der Waals surface area contributed by atoms with Crippen molar-refractivity contribution in [1.82, 2.24) is 15.4 Å². The number of anilines is 1. The van der Waals surface area contributed by atoms with E-state index in [9.17, 15) is 0 Å². The Labute approximate surface area is 121 Å². The SMILES string of the molecule is c1ccc2cc(CNc3ccc4n[nH]nc4c3)ccc2c1. The molecule has 0 saturated carbocycles. The van der Waals surface area contributed by atoms with Gasteiger partial charge in [0.05, 0.1) is 0 Å². The summed E-state index contributed by atoms with van der Waals surface area (Å²) in [6.07, 6.45) is 0. The van der Waals surface area contributed by atoms with Crippen molar-refractivity contribution in [2.45, 2.75) is 6.54 Å². The third kappa shape index (κ3) is 2.31. The van der Waals surface area contributed by atoms with Crippen LogP contribution in [0.1, 0.15) is 5.56 Å². The Morgan fingerprint density at radius 2 is 1.67 bits per heavy atom. The average Bonchev–Trinajstić information content (AvgIpc) is 3.00. The number of nitrogens with zero attached hydrogens (tertiary/aromatic N) is 2. The van der Waals surface area contributed by atoms with Gasteiger partial charge in [0, 0.05) is 12.2 Å². The molecule has 0 aliphatic rings. The minimum absolute atomic E-state index is 0.786. The summed E-state index contributed by atoms with van der Waals surface area (Å²) in [6, 6.07) is 20.9. The van der Waals surface area contributed by atoms with Crippen molar-refractivity contribution in [2.75, 3.05) is 5.32 Å². The number of aromatic amines is 1. The summed E-state index contributed by atoms with van der Waals surface area (Å²) in [7, 11) is 0. The number of hydrogen-bond acceptors (Lipinski definition) is 3.